The van der Waals surface area contributed by atoms with E-state index in [1.165, 1.54) is 0 Å². The molecule has 1 unspecified atom stereocenters. The summed E-state index contributed by atoms with van der Waals surface area (Å²) in [5, 5.41) is 7.26. The average molecular weight is 339 g/mol. The third kappa shape index (κ3) is 4.29. The van der Waals surface area contributed by atoms with Crippen LogP contribution in [0.25, 0.3) is 5.69 Å². The maximum absolute atomic E-state index is 12.2. The Kier molecular flexibility index (Phi) is 5.18. The van der Waals surface area contributed by atoms with E-state index in [2.05, 4.69) is 10.4 Å². The van der Waals surface area contributed by atoms with Crippen molar-refractivity contribution in [1.29, 1.82) is 0 Å². The number of amides is 1. The first-order valence-corrected chi connectivity index (χ1v) is 8.22. The van der Waals surface area contributed by atoms with Crippen molar-refractivity contribution in [3.8, 4) is 11.6 Å². The molecule has 0 spiro atoms. The quantitative estimate of drug-likeness (QED) is 0.718. The Bertz CT molecular complexity index is 810. The molecule has 0 saturated carbocycles. The second-order valence-electron chi connectivity index (χ2n) is 5.78. The summed E-state index contributed by atoms with van der Waals surface area (Å²) in [5.41, 5.74) is 1.81. The van der Waals surface area contributed by atoms with E-state index in [1.807, 2.05) is 55.6 Å². The molecule has 3 rings (SSSR count). The van der Waals surface area contributed by atoms with E-state index in [0.717, 1.165) is 17.0 Å². The van der Waals surface area contributed by atoms with E-state index in [-0.39, 0.29) is 5.91 Å². The average Bonchev–Trinajstić information content (AvgIpc) is 3.26. The zero-order chi connectivity index (χ0) is 17.6. The van der Waals surface area contributed by atoms with Gasteiger partial charge < -0.3 is 14.5 Å². The van der Waals surface area contributed by atoms with Gasteiger partial charge in [-0.25, -0.2) is 4.68 Å². The third-order valence-corrected chi connectivity index (χ3v) is 3.78. The van der Waals surface area contributed by atoms with Crippen molar-refractivity contribution in [3.63, 3.8) is 0 Å². The van der Waals surface area contributed by atoms with Crippen LogP contribution in [0.2, 0.25) is 0 Å². The molecule has 0 bridgehead atoms. The van der Waals surface area contributed by atoms with E-state index < -0.39 is 6.10 Å². The molecule has 0 radical (unpaired) electrons. The van der Waals surface area contributed by atoms with Crippen molar-refractivity contribution < 1.29 is 13.9 Å². The highest BCUT2D eigenvalue weighted by atomic mass is 16.5. The summed E-state index contributed by atoms with van der Waals surface area (Å²) >= 11 is 0. The zero-order valence-corrected chi connectivity index (χ0v) is 14.3. The number of ether oxygens (including phenoxy) is 1. The van der Waals surface area contributed by atoms with Crippen molar-refractivity contribution in [2.45, 2.75) is 26.4 Å². The summed E-state index contributed by atoms with van der Waals surface area (Å²) in [7, 11) is 0. The minimum atomic E-state index is -0.630. The number of hydrogen-bond acceptors (Lipinski definition) is 4. The van der Waals surface area contributed by atoms with Gasteiger partial charge in [0.15, 0.2) is 6.10 Å². The molecule has 0 aliphatic heterocycles. The number of furan rings is 1. The fourth-order valence-corrected chi connectivity index (χ4v) is 2.40. The van der Waals surface area contributed by atoms with Gasteiger partial charge in [-0.15, -0.1) is 5.10 Å². The monoisotopic (exact) mass is 339 g/mol. The number of aryl methyl sites for hydroxylation is 1. The van der Waals surface area contributed by atoms with Crippen molar-refractivity contribution in [2.24, 2.45) is 0 Å². The molecule has 1 N–H and O–H groups in total. The SMILES string of the molecule is Cc1cn(-c2ccccc2)nc1OC(C)C(=O)NCCc1ccco1. The molecule has 1 amide bonds. The lowest BCUT2D eigenvalue weighted by molar-refractivity contribution is -0.127. The maximum Gasteiger partial charge on any atom is 0.260 e. The molecule has 130 valence electrons. The van der Waals surface area contributed by atoms with Gasteiger partial charge in [-0.3, -0.25) is 4.79 Å². The van der Waals surface area contributed by atoms with Gasteiger partial charge in [-0.1, -0.05) is 18.2 Å². The van der Waals surface area contributed by atoms with Gasteiger partial charge in [-0.2, -0.15) is 0 Å². The fraction of sp³-hybridized carbons (Fsp3) is 0.263. The Morgan fingerprint density at radius 3 is 2.80 bits per heavy atom. The normalized spacial score (nSPS) is 11.9. The van der Waals surface area contributed by atoms with E-state index in [1.54, 1.807) is 17.9 Å². The summed E-state index contributed by atoms with van der Waals surface area (Å²) in [6, 6.07) is 13.5. The summed E-state index contributed by atoms with van der Waals surface area (Å²) in [6.45, 7) is 4.12. The molecule has 1 atom stereocenters. The van der Waals surface area contributed by atoms with Crippen LogP contribution >= 0.6 is 0 Å². The van der Waals surface area contributed by atoms with E-state index in [4.69, 9.17) is 9.15 Å². The lowest BCUT2D eigenvalue weighted by atomic mass is 10.3. The molecular weight excluding hydrogens is 318 g/mol. The maximum atomic E-state index is 12.2. The van der Waals surface area contributed by atoms with Crippen LogP contribution in [-0.2, 0) is 11.2 Å². The van der Waals surface area contributed by atoms with Gasteiger partial charge in [0.2, 0.25) is 5.88 Å². The molecule has 1 aromatic carbocycles. The molecule has 2 aromatic heterocycles. The molecule has 6 heteroatoms. The van der Waals surface area contributed by atoms with Gasteiger partial charge in [0.25, 0.3) is 5.91 Å². The van der Waals surface area contributed by atoms with Crippen LogP contribution in [0.4, 0.5) is 0 Å². The van der Waals surface area contributed by atoms with Crippen LogP contribution in [0.5, 0.6) is 5.88 Å². The predicted octanol–water partition coefficient (Wildman–Crippen LogP) is 2.90. The Hall–Kier alpha value is -3.02. The van der Waals surface area contributed by atoms with Crippen LogP contribution in [0, 0.1) is 6.92 Å². The van der Waals surface area contributed by atoms with Crippen LogP contribution in [0.15, 0.2) is 59.3 Å². The van der Waals surface area contributed by atoms with Crippen molar-refractivity contribution in [2.75, 3.05) is 6.54 Å². The number of nitrogens with zero attached hydrogens (tertiary/aromatic N) is 2. The van der Waals surface area contributed by atoms with E-state index in [9.17, 15) is 4.79 Å². The molecule has 25 heavy (non-hydrogen) atoms. The zero-order valence-electron chi connectivity index (χ0n) is 14.3. The smallest absolute Gasteiger partial charge is 0.260 e. The molecule has 0 saturated heterocycles. The van der Waals surface area contributed by atoms with Crippen molar-refractivity contribution in [1.82, 2.24) is 15.1 Å². The Morgan fingerprint density at radius 1 is 1.28 bits per heavy atom. The summed E-state index contributed by atoms with van der Waals surface area (Å²) < 4.78 is 12.7. The van der Waals surface area contributed by atoms with Crippen molar-refractivity contribution >= 4 is 5.91 Å². The van der Waals surface area contributed by atoms with E-state index >= 15 is 0 Å². The molecule has 6 nitrogen and oxygen atoms in total. The number of carbonyl (C=O) groups is 1. The minimum absolute atomic E-state index is 0.180. The summed E-state index contributed by atoms with van der Waals surface area (Å²) in [6.07, 6.45) is 3.52. The second-order valence-corrected chi connectivity index (χ2v) is 5.78. The highest BCUT2D eigenvalue weighted by Gasteiger charge is 2.17. The van der Waals surface area contributed by atoms with E-state index in [0.29, 0.717) is 18.8 Å². The highest BCUT2D eigenvalue weighted by molar-refractivity contribution is 5.80. The van der Waals surface area contributed by atoms with Crippen molar-refractivity contribution in [3.05, 3.63) is 66.2 Å². The second kappa shape index (κ2) is 7.70. The molecule has 3 aromatic rings. The number of nitrogens with one attached hydrogen (secondary N) is 1. The first-order valence-electron chi connectivity index (χ1n) is 8.22. The third-order valence-electron chi connectivity index (χ3n) is 3.78. The Labute approximate surface area is 146 Å². The Morgan fingerprint density at radius 2 is 2.08 bits per heavy atom. The fourth-order valence-electron chi connectivity index (χ4n) is 2.40. The number of carbonyl (C=O) groups excluding carboxylic acids is 1. The molecule has 0 fully saturated rings. The first-order chi connectivity index (χ1) is 12.1. The lowest BCUT2D eigenvalue weighted by Crippen LogP contribution is -2.37. The molecule has 0 aliphatic rings. The van der Waals surface area contributed by atoms with Crippen LogP contribution in [0.3, 0.4) is 0 Å². The number of benzene rings is 1. The Balaban J connectivity index is 1.56. The van der Waals surface area contributed by atoms with Gasteiger partial charge in [0.05, 0.1) is 12.0 Å². The molecular formula is C19H21N3O3. The van der Waals surface area contributed by atoms with Crippen LogP contribution < -0.4 is 10.1 Å². The molecule has 2 heterocycles. The highest BCUT2D eigenvalue weighted by Crippen LogP contribution is 2.19. The number of rotatable bonds is 7. The first kappa shape index (κ1) is 16.8. The predicted molar refractivity (Wildman–Crippen MR) is 93.8 cm³/mol. The topological polar surface area (TPSA) is 69.3 Å². The number of hydrogen-bond donors (Lipinski definition) is 1. The molecule has 0 aliphatic carbocycles. The standard InChI is InChI=1S/C19H21N3O3/c1-14-13-22(16-7-4-3-5-8-16)21-19(14)25-15(2)18(23)20-11-10-17-9-6-12-24-17/h3-9,12-13,15H,10-11H2,1-2H3,(H,20,23). The summed E-state index contributed by atoms with van der Waals surface area (Å²) in [5.74, 6) is 1.11. The van der Waals surface area contributed by atoms with Gasteiger partial charge >= 0.3 is 0 Å². The van der Waals surface area contributed by atoms with Gasteiger partial charge in [-0.05, 0) is 38.1 Å². The lowest BCUT2D eigenvalue weighted by Gasteiger charge is -2.13. The van der Waals surface area contributed by atoms with Crippen LogP contribution in [0.1, 0.15) is 18.2 Å². The minimum Gasteiger partial charge on any atom is -0.469 e. The van der Waals surface area contributed by atoms with Gasteiger partial charge in [0, 0.05) is 24.7 Å². The number of aromatic nitrogens is 2. The van der Waals surface area contributed by atoms with Gasteiger partial charge in [0.1, 0.15) is 5.76 Å². The van der Waals surface area contributed by atoms with Crippen LogP contribution in [-0.4, -0.2) is 28.3 Å². The summed E-state index contributed by atoms with van der Waals surface area (Å²) in [4.78, 5) is 12.2. The number of para-hydroxylation sites is 1. The largest absolute Gasteiger partial charge is 0.469 e.